The van der Waals surface area contributed by atoms with Crippen LogP contribution >= 0.6 is 0 Å². The molecule has 6 nitrogen and oxygen atoms in total. The van der Waals surface area contributed by atoms with Crippen LogP contribution in [0.1, 0.15) is 25.3 Å². The minimum atomic E-state index is -1.29. The third-order valence-electron chi connectivity index (χ3n) is 2.42. The van der Waals surface area contributed by atoms with Crippen molar-refractivity contribution in [2.75, 3.05) is 0 Å². The maximum atomic E-state index is 11.6. The molecule has 0 spiro atoms. The Morgan fingerprint density at radius 2 is 1.89 bits per heavy atom. The molecule has 19 heavy (non-hydrogen) atoms. The number of non-ortho nitro benzene ring substituents is 1. The number of carbonyl (C=O) groups is 2. The van der Waals surface area contributed by atoms with Gasteiger partial charge in [-0.1, -0.05) is 6.92 Å². The monoisotopic (exact) mass is 263 g/mol. The molecular formula is C13H13NO5. The Morgan fingerprint density at radius 3 is 2.32 bits per heavy atom. The fourth-order valence-electron chi connectivity index (χ4n) is 1.48. The highest BCUT2D eigenvalue weighted by molar-refractivity contribution is 6.19. The average Bonchev–Trinajstić information content (AvgIpc) is 2.36. The number of carboxylic acid groups (broad SMARTS) is 1. The van der Waals surface area contributed by atoms with E-state index in [4.69, 9.17) is 5.11 Å². The van der Waals surface area contributed by atoms with Crippen LogP contribution in [0, 0.1) is 10.1 Å². The van der Waals surface area contributed by atoms with Gasteiger partial charge in [0.25, 0.3) is 5.69 Å². The van der Waals surface area contributed by atoms with E-state index in [0.717, 1.165) is 0 Å². The number of carboxylic acids is 1. The highest BCUT2D eigenvalue weighted by Gasteiger charge is 2.16. The van der Waals surface area contributed by atoms with E-state index in [9.17, 15) is 19.7 Å². The summed E-state index contributed by atoms with van der Waals surface area (Å²) in [4.78, 5) is 32.5. The van der Waals surface area contributed by atoms with Crippen molar-refractivity contribution in [2.24, 2.45) is 0 Å². The van der Waals surface area contributed by atoms with Gasteiger partial charge in [0.2, 0.25) is 0 Å². The van der Waals surface area contributed by atoms with E-state index in [2.05, 4.69) is 0 Å². The first kappa shape index (κ1) is 14.6. The van der Waals surface area contributed by atoms with Gasteiger partial charge in [0.05, 0.1) is 4.92 Å². The van der Waals surface area contributed by atoms with Crippen molar-refractivity contribution in [1.29, 1.82) is 0 Å². The van der Waals surface area contributed by atoms with Gasteiger partial charge >= 0.3 is 5.97 Å². The van der Waals surface area contributed by atoms with E-state index in [1.807, 2.05) is 0 Å². The fraction of sp³-hybridized carbons (Fsp3) is 0.231. The second kappa shape index (κ2) is 6.44. The Balaban J connectivity index is 3.05. The van der Waals surface area contributed by atoms with Crippen molar-refractivity contribution in [2.45, 2.75) is 19.8 Å². The molecule has 0 bridgehead atoms. The first-order valence-electron chi connectivity index (χ1n) is 5.68. The predicted octanol–water partition coefficient (Wildman–Crippen LogP) is 2.43. The van der Waals surface area contributed by atoms with Gasteiger partial charge in [-0.25, -0.2) is 4.79 Å². The van der Waals surface area contributed by atoms with Crippen LogP contribution in [0.4, 0.5) is 5.69 Å². The zero-order valence-electron chi connectivity index (χ0n) is 10.3. The molecule has 0 aliphatic carbocycles. The van der Waals surface area contributed by atoms with Crippen LogP contribution in [0.3, 0.4) is 0 Å². The maximum Gasteiger partial charge on any atom is 0.339 e. The lowest BCUT2D eigenvalue weighted by molar-refractivity contribution is -0.384. The predicted molar refractivity (Wildman–Crippen MR) is 68.6 cm³/mol. The van der Waals surface area contributed by atoms with Gasteiger partial charge in [-0.15, -0.1) is 0 Å². The number of hydrogen-bond acceptors (Lipinski definition) is 4. The quantitative estimate of drug-likeness (QED) is 0.279. The van der Waals surface area contributed by atoms with Crippen molar-refractivity contribution in [1.82, 2.24) is 0 Å². The van der Waals surface area contributed by atoms with E-state index in [-0.39, 0.29) is 17.7 Å². The summed E-state index contributed by atoms with van der Waals surface area (Å²) in [7, 11) is 0. The average molecular weight is 263 g/mol. The van der Waals surface area contributed by atoms with E-state index in [1.54, 1.807) is 6.92 Å². The normalized spacial score (nSPS) is 11.1. The summed E-state index contributed by atoms with van der Waals surface area (Å²) in [5, 5.41) is 19.5. The molecule has 0 unspecified atom stereocenters. The zero-order valence-corrected chi connectivity index (χ0v) is 10.3. The summed E-state index contributed by atoms with van der Waals surface area (Å²) >= 11 is 0. The van der Waals surface area contributed by atoms with Crippen molar-refractivity contribution in [3.63, 3.8) is 0 Å². The Hall–Kier alpha value is -2.50. The Bertz CT molecular complexity index is 530. The molecule has 1 rings (SSSR count). The smallest absolute Gasteiger partial charge is 0.339 e. The molecule has 0 saturated heterocycles. The molecular weight excluding hydrogens is 250 g/mol. The van der Waals surface area contributed by atoms with Crippen LogP contribution < -0.4 is 0 Å². The second-order valence-electron chi connectivity index (χ2n) is 3.88. The van der Waals surface area contributed by atoms with Crippen molar-refractivity contribution in [3.8, 4) is 0 Å². The molecule has 1 aromatic rings. The Labute approximate surface area is 109 Å². The van der Waals surface area contributed by atoms with Crippen LogP contribution in [0.5, 0.6) is 0 Å². The van der Waals surface area contributed by atoms with Crippen molar-refractivity contribution < 1.29 is 19.6 Å². The van der Waals surface area contributed by atoms with Gasteiger partial charge in [0.15, 0.2) is 5.78 Å². The first-order valence-corrected chi connectivity index (χ1v) is 5.68. The number of nitro groups is 1. The number of carbonyl (C=O) groups excluding carboxylic acids is 1. The summed E-state index contributed by atoms with van der Waals surface area (Å²) in [5.41, 5.74) is 0.0389. The molecule has 6 heteroatoms. The van der Waals surface area contributed by atoms with Gasteiger partial charge in [0, 0.05) is 18.6 Å². The molecule has 0 radical (unpaired) electrons. The summed E-state index contributed by atoms with van der Waals surface area (Å²) < 4.78 is 0. The number of rotatable bonds is 6. The molecule has 0 aliphatic rings. The van der Waals surface area contributed by atoms with Gasteiger partial charge in [0.1, 0.15) is 5.57 Å². The van der Waals surface area contributed by atoms with Crippen LogP contribution in [-0.2, 0) is 9.59 Å². The number of nitrogens with zero attached hydrogens (tertiary/aromatic N) is 1. The molecule has 100 valence electrons. The summed E-state index contributed by atoms with van der Waals surface area (Å²) in [5.74, 6) is -1.75. The molecule has 0 aliphatic heterocycles. The van der Waals surface area contributed by atoms with Gasteiger partial charge in [-0.3, -0.25) is 14.9 Å². The number of benzene rings is 1. The fourth-order valence-corrected chi connectivity index (χ4v) is 1.48. The highest BCUT2D eigenvalue weighted by atomic mass is 16.6. The number of hydrogen-bond donors (Lipinski definition) is 1. The molecule has 1 aromatic carbocycles. The highest BCUT2D eigenvalue weighted by Crippen LogP contribution is 2.15. The third-order valence-corrected chi connectivity index (χ3v) is 2.42. The SMILES string of the molecule is CCCC(=O)C(=Cc1ccc([N+](=O)[O-])cc1)C(=O)O. The van der Waals surface area contributed by atoms with Crippen molar-refractivity contribution in [3.05, 3.63) is 45.5 Å². The second-order valence-corrected chi connectivity index (χ2v) is 3.88. The van der Waals surface area contributed by atoms with Crippen molar-refractivity contribution >= 4 is 23.5 Å². The van der Waals surface area contributed by atoms with E-state index in [0.29, 0.717) is 12.0 Å². The third kappa shape index (κ3) is 4.02. The van der Waals surface area contributed by atoms with Crippen LogP contribution in [0.15, 0.2) is 29.8 Å². The molecule has 0 fully saturated rings. The lowest BCUT2D eigenvalue weighted by Crippen LogP contribution is -2.11. The first-order chi connectivity index (χ1) is 8.95. The largest absolute Gasteiger partial charge is 0.478 e. The summed E-state index contributed by atoms with van der Waals surface area (Å²) in [6.45, 7) is 1.78. The lowest BCUT2D eigenvalue weighted by atomic mass is 10.0. The van der Waals surface area contributed by atoms with E-state index < -0.39 is 16.7 Å². The van der Waals surface area contributed by atoms with Crippen LogP contribution in [-0.4, -0.2) is 21.8 Å². The molecule has 0 saturated carbocycles. The van der Waals surface area contributed by atoms with Gasteiger partial charge < -0.3 is 5.11 Å². The van der Waals surface area contributed by atoms with E-state index >= 15 is 0 Å². The van der Waals surface area contributed by atoms with Crippen LogP contribution in [0.25, 0.3) is 6.08 Å². The van der Waals surface area contributed by atoms with Gasteiger partial charge in [-0.2, -0.15) is 0 Å². The number of nitro benzene ring substituents is 1. The van der Waals surface area contributed by atoms with E-state index in [1.165, 1.54) is 30.3 Å². The summed E-state index contributed by atoms with van der Waals surface area (Å²) in [6, 6.07) is 5.33. The number of Topliss-reactive ketones (excluding diaryl/α,β-unsaturated/α-hetero) is 1. The Morgan fingerprint density at radius 1 is 1.32 bits per heavy atom. The Kier molecular flexibility index (Phi) is 4.93. The molecule has 1 N–H and O–H groups in total. The molecule has 0 atom stereocenters. The zero-order chi connectivity index (χ0) is 14.4. The topological polar surface area (TPSA) is 97.5 Å². The number of ketones is 1. The lowest BCUT2D eigenvalue weighted by Gasteiger charge is -2.01. The minimum absolute atomic E-state index is 0.0890. The number of aliphatic carboxylic acids is 1. The summed E-state index contributed by atoms with van der Waals surface area (Å²) in [6.07, 6.45) is 1.94. The van der Waals surface area contributed by atoms with Crippen LogP contribution in [0.2, 0.25) is 0 Å². The van der Waals surface area contributed by atoms with Gasteiger partial charge in [-0.05, 0) is 30.2 Å². The maximum absolute atomic E-state index is 11.6. The minimum Gasteiger partial charge on any atom is -0.478 e. The standard InChI is InChI=1S/C13H13NO5/c1-2-3-12(15)11(13(16)17)8-9-4-6-10(7-5-9)14(18)19/h4-8H,2-3H2,1H3,(H,16,17). The molecule has 0 amide bonds. The molecule has 0 aromatic heterocycles. The molecule has 0 heterocycles.